The zero-order valence-corrected chi connectivity index (χ0v) is 12.6. The molecular formula is C15H18F3N3O. The molecule has 0 bridgehead atoms. The largest absolute Gasteiger partial charge is 0.413 e. The van der Waals surface area contributed by atoms with Gasteiger partial charge in [-0.25, -0.2) is 0 Å². The third-order valence-corrected chi connectivity index (χ3v) is 3.46. The van der Waals surface area contributed by atoms with Crippen molar-refractivity contribution >= 4 is 12.1 Å². The van der Waals surface area contributed by atoms with Crippen LogP contribution < -0.4 is 11.5 Å². The van der Waals surface area contributed by atoms with Crippen molar-refractivity contribution in [2.24, 2.45) is 16.5 Å². The van der Waals surface area contributed by atoms with E-state index in [1.54, 1.807) is 13.8 Å². The summed E-state index contributed by atoms with van der Waals surface area (Å²) in [6, 6.07) is 0. The monoisotopic (exact) mass is 313 g/mol. The molecule has 1 aliphatic rings. The second kappa shape index (κ2) is 6.21. The molecule has 0 unspecified atom stereocenters. The predicted molar refractivity (Wildman–Crippen MR) is 79.8 cm³/mol. The minimum Gasteiger partial charge on any atom is -0.401 e. The summed E-state index contributed by atoms with van der Waals surface area (Å²) < 4.78 is 39.3. The van der Waals surface area contributed by atoms with Crippen LogP contribution in [0, 0.1) is 0 Å². The SMILES string of the molecule is C=C(N=CC)/C(C)=C1/CC(N)=C(C(N)=O)/C1=C(/C)C(F)(F)F. The van der Waals surface area contributed by atoms with Crippen LogP contribution in [0.3, 0.4) is 0 Å². The average Bonchev–Trinajstić information content (AvgIpc) is 2.73. The highest BCUT2D eigenvalue weighted by molar-refractivity contribution is 6.00. The second-order valence-electron chi connectivity index (χ2n) is 4.88. The highest BCUT2D eigenvalue weighted by Crippen LogP contribution is 2.43. The van der Waals surface area contributed by atoms with Crippen molar-refractivity contribution in [3.05, 3.63) is 45.8 Å². The van der Waals surface area contributed by atoms with Gasteiger partial charge >= 0.3 is 6.18 Å². The molecule has 0 radical (unpaired) electrons. The first-order valence-electron chi connectivity index (χ1n) is 6.47. The van der Waals surface area contributed by atoms with Gasteiger partial charge in [0.15, 0.2) is 0 Å². The van der Waals surface area contributed by atoms with Crippen LogP contribution in [-0.4, -0.2) is 18.3 Å². The number of rotatable bonds is 3. The summed E-state index contributed by atoms with van der Waals surface area (Å²) in [5.41, 5.74) is 10.5. The lowest BCUT2D eigenvalue weighted by Gasteiger charge is -2.16. The number of hydrogen-bond acceptors (Lipinski definition) is 3. The van der Waals surface area contributed by atoms with Gasteiger partial charge < -0.3 is 11.5 Å². The van der Waals surface area contributed by atoms with E-state index in [9.17, 15) is 18.0 Å². The number of nitrogens with zero attached hydrogens (tertiary/aromatic N) is 1. The summed E-state index contributed by atoms with van der Waals surface area (Å²) >= 11 is 0. The van der Waals surface area contributed by atoms with Crippen LogP contribution in [0.4, 0.5) is 13.2 Å². The first-order chi connectivity index (χ1) is 10.0. The lowest BCUT2D eigenvalue weighted by atomic mass is 9.93. The number of allylic oxidation sites excluding steroid dienone is 3. The van der Waals surface area contributed by atoms with Crippen molar-refractivity contribution in [1.82, 2.24) is 0 Å². The van der Waals surface area contributed by atoms with Crippen LogP contribution in [0.5, 0.6) is 0 Å². The number of amides is 1. The minimum absolute atomic E-state index is 0.00507. The van der Waals surface area contributed by atoms with E-state index in [2.05, 4.69) is 11.6 Å². The molecule has 4 N–H and O–H groups in total. The van der Waals surface area contributed by atoms with E-state index in [-0.39, 0.29) is 28.8 Å². The average molecular weight is 313 g/mol. The summed E-state index contributed by atoms with van der Waals surface area (Å²) in [4.78, 5) is 15.5. The molecule has 0 saturated heterocycles. The summed E-state index contributed by atoms with van der Waals surface area (Å²) in [5.74, 6) is -0.983. The smallest absolute Gasteiger partial charge is 0.401 e. The maximum Gasteiger partial charge on any atom is 0.413 e. The molecule has 22 heavy (non-hydrogen) atoms. The summed E-state index contributed by atoms with van der Waals surface area (Å²) in [6.45, 7) is 7.86. The Hall–Kier alpha value is -2.31. The molecule has 0 saturated carbocycles. The van der Waals surface area contributed by atoms with Crippen molar-refractivity contribution in [2.75, 3.05) is 0 Å². The Morgan fingerprint density at radius 2 is 1.91 bits per heavy atom. The lowest BCUT2D eigenvalue weighted by molar-refractivity contribution is -0.114. The molecular weight excluding hydrogens is 295 g/mol. The molecule has 0 atom stereocenters. The summed E-state index contributed by atoms with van der Waals surface area (Å²) in [7, 11) is 0. The highest BCUT2D eigenvalue weighted by Gasteiger charge is 2.39. The molecule has 1 amide bonds. The van der Waals surface area contributed by atoms with E-state index in [0.717, 1.165) is 6.92 Å². The van der Waals surface area contributed by atoms with Gasteiger partial charge in [-0.05, 0) is 31.9 Å². The molecule has 1 aliphatic carbocycles. The Bertz CT molecular complexity index is 649. The summed E-state index contributed by atoms with van der Waals surface area (Å²) in [5, 5.41) is 0. The van der Waals surface area contributed by atoms with Gasteiger partial charge in [0, 0.05) is 29.5 Å². The van der Waals surface area contributed by atoms with Crippen molar-refractivity contribution in [3.8, 4) is 0 Å². The molecule has 0 fully saturated rings. The van der Waals surface area contributed by atoms with Gasteiger partial charge in [0.2, 0.25) is 0 Å². The highest BCUT2D eigenvalue weighted by atomic mass is 19.4. The van der Waals surface area contributed by atoms with Crippen molar-refractivity contribution in [3.63, 3.8) is 0 Å². The Morgan fingerprint density at radius 3 is 2.32 bits per heavy atom. The third kappa shape index (κ3) is 3.29. The van der Waals surface area contributed by atoms with Gasteiger partial charge in [-0.3, -0.25) is 9.79 Å². The van der Waals surface area contributed by atoms with Crippen molar-refractivity contribution in [1.29, 1.82) is 0 Å². The maximum absolute atomic E-state index is 13.1. The first-order valence-corrected chi connectivity index (χ1v) is 6.47. The standard InChI is InChI=1S/C15H18F3N3O/c1-5-21-9(4)7(2)10-6-11(19)13(14(20)22)12(10)8(3)15(16,17)18/h5H,4,6,19H2,1-3H3,(H2,20,22)/b10-7-,12-8-,21-5?. The number of aliphatic imine (C=N–C) groups is 1. The van der Waals surface area contributed by atoms with Crippen molar-refractivity contribution < 1.29 is 18.0 Å². The Labute approximate surface area is 126 Å². The van der Waals surface area contributed by atoms with Gasteiger partial charge in [0.05, 0.1) is 11.3 Å². The van der Waals surface area contributed by atoms with Crippen LogP contribution >= 0.6 is 0 Å². The van der Waals surface area contributed by atoms with E-state index in [1.165, 1.54) is 6.21 Å². The number of nitrogens with two attached hydrogens (primary N) is 2. The van der Waals surface area contributed by atoms with Crippen LogP contribution in [0.1, 0.15) is 27.2 Å². The molecule has 0 heterocycles. The molecule has 1 rings (SSSR count). The Balaban J connectivity index is 3.68. The van der Waals surface area contributed by atoms with E-state index >= 15 is 0 Å². The number of primary amides is 1. The van der Waals surface area contributed by atoms with E-state index in [0.29, 0.717) is 11.3 Å². The summed E-state index contributed by atoms with van der Waals surface area (Å²) in [6.07, 6.45) is -3.11. The zero-order chi connectivity index (χ0) is 17.2. The van der Waals surface area contributed by atoms with Gasteiger partial charge in [-0.15, -0.1) is 0 Å². The molecule has 0 aromatic heterocycles. The van der Waals surface area contributed by atoms with Gasteiger partial charge in [0.25, 0.3) is 5.91 Å². The Kier molecular flexibility index (Phi) is 5.01. The van der Waals surface area contributed by atoms with Crippen LogP contribution in [0.15, 0.2) is 50.8 Å². The molecule has 0 aromatic rings. The fourth-order valence-electron chi connectivity index (χ4n) is 2.26. The number of hydrogen-bond donors (Lipinski definition) is 2. The number of carbonyl (C=O) groups is 1. The van der Waals surface area contributed by atoms with E-state index < -0.39 is 17.7 Å². The number of carbonyl (C=O) groups excluding carboxylic acids is 1. The molecule has 7 heteroatoms. The normalized spacial score (nSPS) is 20.6. The van der Waals surface area contributed by atoms with Crippen LogP contribution in [0.2, 0.25) is 0 Å². The van der Waals surface area contributed by atoms with E-state index in [4.69, 9.17) is 11.5 Å². The van der Waals surface area contributed by atoms with Crippen molar-refractivity contribution in [2.45, 2.75) is 33.4 Å². The first kappa shape index (κ1) is 17.7. The third-order valence-electron chi connectivity index (χ3n) is 3.46. The predicted octanol–water partition coefficient (Wildman–Crippen LogP) is 2.89. The van der Waals surface area contributed by atoms with Gasteiger partial charge in [-0.1, -0.05) is 6.58 Å². The van der Waals surface area contributed by atoms with Gasteiger partial charge in [0.1, 0.15) is 0 Å². The molecule has 0 aromatic carbocycles. The fraction of sp³-hybridized carbons (Fsp3) is 0.333. The number of halogens is 3. The molecule has 0 aliphatic heterocycles. The number of alkyl halides is 3. The zero-order valence-electron chi connectivity index (χ0n) is 12.6. The topological polar surface area (TPSA) is 81.5 Å². The quantitative estimate of drug-likeness (QED) is 0.785. The van der Waals surface area contributed by atoms with E-state index in [1.807, 2.05) is 0 Å². The molecule has 4 nitrogen and oxygen atoms in total. The maximum atomic E-state index is 13.1. The fourth-order valence-corrected chi connectivity index (χ4v) is 2.26. The second-order valence-corrected chi connectivity index (χ2v) is 4.88. The van der Waals surface area contributed by atoms with Gasteiger partial charge in [-0.2, -0.15) is 13.2 Å². The lowest BCUT2D eigenvalue weighted by Crippen LogP contribution is -2.20. The molecule has 120 valence electrons. The molecule has 0 spiro atoms. The Morgan fingerprint density at radius 1 is 1.36 bits per heavy atom. The van der Waals surface area contributed by atoms with Crippen LogP contribution in [-0.2, 0) is 4.79 Å². The van der Waals surface area contributed by atoms with Crippen LogP contribution in [0.25, 0.3) is 0 Å². The minimum atomic E-state index is -4.60.